The largest absolute Gasteiger partial charge is 0.0581 e. The SMILES string of the molecule is CC(C)(C)c1ccc(C(C)(C)C)c(I)c1. The number of benzene rings is 1. The van der Waals surface area contributed by atoms with E-state index in [1.807, 2.05) is 0 Å². The van der Waals surface area contributed by atoms with Crippen molar-refractivity contribution >= 4 is 22.6 Å². The first kappa shape index (κ1) is 13.0. The Balaban J connectivity index is 3.21. The minimum absolute atomic E-state index is 0.243. The van der Waals surface area contributed by atoms with E-state index in [0.29, 0.717) is 0 Å². The van der Waals surface area contributed by atoms with Crippen LogP contribution in [-0.2, 0) is 10.8 Å². The molecular weight excluding hydrogens is 295 g/mol. The molecule has 0 fully saturated rings. The van der Waals surface area contributed by atoms with Gasteiger partial charge in [0.05, 0.1) is 0 Å². The maximum absolute atomic E-state index is 2.45. The Labute approximate surface area is 108 Å². The molecule has 0 radical (unpaired) electrons. The van der Waals surface area contributed by atoms with Crippen LogP contribution in [0.1, 0.15) is 52.7 Å². The van der Waals surface area contributed by atoms with Crippen molar-refractivity contribution in [2.24, 2.45) is 0 Å². The van der Waals surface area contributed by atoms with Crippen molar-refractivity contribution in [3.63, 3.8) is 0 Å². The van der Waals surface area contributed by atoms with Crippen molar-refractivity contribution in [3.05, 3.63) is 32.9 Å². The maximum Gasteiger partial charge on any atom is 0.0170 e. The molecule has 1 rings (SSSR count). The van der Waals surface area contributed by atoms with E-state index in [2.05, 4.69) is 82.3 Å². The molecule has 0 spiro atoms. The van der Waals surface area contributed by atoms with Crippen LogP contribution in [-0.4, -0.2) is 0 Å². The van der Waals surface area contributed by atoms with Gasteiger partial charge in [-0.1, -0.05) is 53.7 Å². The zero-order valence-corrected chi connectivity index (χ0v) is 12.8. The van der Waals surface area contributed by atoms with Crippen molar-refractivity contribution in [1.82, 2.24) is 0 Å². The third-order valence-electron chi connectivity index (χ3n) is 2.64. The van der Waals surface area contributed by atoms with Gasteiger partial charge in [-0.15, -0.1) is 0 Å². The van der Waals surface area contributed by atoms with E-state index in [4.69, 9.17) is 0 Å². The first-order chi connectivity index (χ1) is 6.62. The zero-order valence-electron chi connectivity index (χ0n) is 10.6. The first-order valence-electron chi connectivity index (χ1n) is 5.43. The van der Waals surface area contributed by atoms with Gasteiger partial charge in [0.1, 0.15) is 0 Å². The molecule has 0 atom stereocenters. The van der Waals surface area contributed by atoms with Crippen LogP contribution >= 0.6 is 22.6 Å². The highest BCUT2D eigenvalue weighted by Gasteiger charge is 2.20. The van der Waals surface area contributed by atoms with E-state index in [0.717, 1.165) is 0 Å². The van der Waals surface area contributed by atoms with Crippen LogP contribution in [0.25, 0.3) is 0 Å². The van der Waals surface area contributed by atoms with Gasteiger partial charge in [-0.05, 0) is 50.6 Å². The lowest BCUT2D eigenvalue weighted by molar-refractivity contribution is 0.574. The Morgan fingerprint density at radius 2 is 1.40 bits per heavy atom. The fourth-order valence-electron chi connectivity index (χ4n) is 1.59. The molecule has 1 aromatic rings. The summed E-state index contributed by atoms with van der Waals surface area (Å²) < 4.78 is 1.38. The molecule has 0 amide bonds. The number of halogens is 1. The van der Waals surface area contributed by atoms with Crippen LogP contribution in [0.15, 0.2) is 18.2 Å². The smallest absolute Gasteiger partial charge is 0.0170 e. The molecule has 15 heavy (non-hydrogen) atoms. The topological polar surface area (TPSA) is 0 Å². The molecular formula is C14H21I. The van der Waals surface area contributed by atoms with Gasteiger partial charge in [0, 0.05) is 3.57 Å². The second-order valence-electron chi connectivity index (χ2n) is 6.19. The van der Waals surface area contributed by atoms with Crippen LogP contribution in [0.3, 0.4) is 0 Å². The van der Waals surface area contributed by atoms with Crippen LogP contribution in [0.4, 0.5) is 0 Å². The van der Waals surface area contributed by atoms with Gasteiger partial charge in [0.15, 0.2) is 0 Å². The van der Waals surface area contributed by atoms with E-state index in [-0.39, 0.29) is 10.8 Å². The summed E-state index contributed by atoms with van der Waals surface area (Å²) in [5.74, 6) is 0. The van der Waals surface area contributed by atoms with E-state index in [1.54, 1.807) is 0 Å². The Morgan fingerprint density at radius 3 is 1.73 bits per heavy atom. The normalized spacial score (nSPS) is 13.0. The quantitative estimate of drug-likeness (QED) is 0.598. The van der Waals surface area contributed by atoms with Crippen LogP contribution in [0.5, 0.6) is 0 Å². The second-order valence-corrected chi connectivity index (χ2v) is 7.36. The van der Waals surface area contributed by atoms with Gasteiger partial charge in [-0.3, -0.25) is 0 Å². The van der Waals surface area contributed by atoms with Crippen LogP contribution in [0, 0.1) is 3.57 Å². The minimum Gasteiger partial charge on any atom is -0.0581 e. The Bertz CT molecular complexity index is 351. The van der Waals surface area contributed by atoms with Crippen molar-refractivity contribution in [2.75, 3.05) is 0 Å². The average molecular weight is 316 g/mol. The summed E-state index contributed by atoms with van der Waals surface area (Å²) in [5, 5.41) is 0. The fraction of sp³-hybridized carbons (Fsp3) is 0.571. The Hall–Kier alpha value is -0.0500. The molecule has 84 valence electrons. The second kappa shape index (κ2) is 4.08. The number of rotatable bonds is 0. The van der Waals surface area contributed by atoms with Crippen molar-refractivity contribution in [1.29, 1.82) is 0 Å². The molecule has 0 nitrogen and oxygen atoms in total. The maximum atomic E-state index is 2.45. The lowest BCUT2D eigenvalue weighted by atomic mass is 9.82. The van der Waals surface area contributed by atoms with Crippen molar-refractivity contribution < 1.29 is 0 Å². The lowest BCUT2D eigenvalue weighted by Crippen LogP contribution is -2.16. The number of hydrogen-bond donors (Lipinski definition) is 0. The number of hydrogen-bond acceptors (Lipinski definition) is 0. The highest BCUT2D eigenvalue weighted by molar-refractivity contribution is 14.1. The molecule has 0 unspecified atom stereocenters. The summed E-state index contributed by atoms with van der Waals surface area (Å²) in [6, 6.07) is 6.87. The van der Waals surface area contributed by atoms with Gasteiger partial charge < -0.3 is 0 Å². The predicted molar refractivity (Wildman–Crippen MR) is 76.6 cm³/mol. The lowest BCUT2D eigenvalue weighted by Gasteiger charge is -2.25. The standard InChI is InChI=1S/C14H21I/c1-13(2,3)10-7-8-11(12(15)9-10)14(4,5)6/h7-9H,1-6H3. The van der Waals surface area contributed by atoms with Crippen LogP contribution in [0.2, 0.25) is 0 Å². The van der Waals surface area contributed by atoms with Crippen molar-refractivity contribution in [2.45, 2.75) is 52.4 Å². The fourth-order valence-corrected chi connectivity index (χ4v) is 2.91. The molecule has 0 saturated heterocycles. The molecule has 1 aromatic carbocycles. The third kappa shape index (κ3) is 3.20. The highest BCUT2D eigenvalue weighted by atomic mass is 127. The molecule has 0 bridgehead atoms. The average Bonchev–Trinajstić information content (AvgIpc) is 1.99. The summed E-state index contributed by atoms with van der Waals surface area (Å²) in [6.45, 7) is 13.6. The molecule has 0 aliphatic rings. The third-order valence-corrected chi connectivity index (χ3v) is 3.54. The van der Waals surface area contributed by atoms with E-state index in [1.165, 1.54) is 14.7 Å². The van der Waals surface area contributed by atoms with Crippen molar-refractivity contribution in [3.8, 4) is 0 Å². The van der Waals surface area contributed by atoms with Gasteiger partial charge in [-0.25, -0.2) is 0 Å². The molecule has 0 saturated carbocycles. The summed E-state index contributed by atoms with van der Waals surface area (Å²) in [6.07, 6.45) is 0. The molecule has 1 heteroatoms. The summed E-state index contributed by atoms with van der Waals surface area (Å²) in [7, 11) is 0. The molecule has 0 aliphatic heterocycles. The van der Waals surface area contributed by atoms with E-state index < -0.39 is 0 Å². The molecule has 0 aromatic heterocycles. The minimum atomic E-state index is 0.243. The van der Waals surface area contributed by atoms with E-state index in [9.17, 15) is 0 Å². The Kier molecular flexibility index (Phi) is 3.54. The molecule has 0 N–H and O–H groups in total. The monoisotopic (exact) mass is 316 g/mol. The summed E-state index contributed by atoms with van der Waals surface area (Å²) in [4.78, 5) is 0. The molecule has 0 aliphatic carbocycles. The van der Waals surface area contributed by atoms with Gasteiger partial charge >= 0.3 is 0 Å². The predicted octanol–water partition coefficient (Wildman–Crippen LogP) is 4.89. The van der Waals surface area contributed by atoms with Gasteiger partial charge in [-0.2, -0.15) is 0 Å². The molecule has 0 heterocycles. The summed E-state index contributed by atoms with van der Waals surface area (Å²) in [5.41, 5.74) is 3.35. The van der Waals surface area contributed by atoms with Crippen LogP contribution < -0.4 is 0 Å². The first-order valence-corrected chi connectivity index (χ1v) is 6.51. The van der Waals surface area contributed by atoms with Gasteiger partial charge in [0.2, 0.25) is 0 Å². The van der Waals surface area contributed by atoms with Gasteiger partial charge in [0.25, 0.3) is 0 Å². The highest BCUT2D eigenvalue weighted by Crippen LogP contribution is 2.31. The zero-order chi connectivity index (χ0) is 11.9. The van der Waals surface area contributed by atoms with E-state index >= 15 is 0 Å². The summed E-state index contributed by atoms with van der Waals surface area (Å²) >= 11 is 2.45. The Morgan fingerprint density at radius 1 is 0.867 bits per heavy atom.